The molecule has 0 atom stereocenters. The van der Waals surface area contributed by atoms with E-state index in [1.807, 2.05) is 26.0 Å². The maximum Gasteiger partial charge on any atom is 0.279 e. The fourth-order valence-corrected chi connectivity index (χ4v) is 3.61. The van der Waals surface area contributed by atoms with E-state index < -0.39 is 4.92 Å². The molecule has 26 heavy (non-hydrogen) atoms. The Hall–Kier alpha value is -3.06. The van der Waals surface area contributed by atoms with Crippen LogP contribution in [0.15, 0.2) is 54.0 Å². The third-order valence-corrected chi connectivity index (χ3v) is 5.20. The number of non-ortho nitro benzene ring substituents is 1. The van der Waals surface area contributed by atoms with Crippen LogP contribution < -0.4 is 4.80 Å². The molecule has 1 amide bonds. The number of thiazole rings is 1. The molecule has 2 aromatic carbocycles. The van der Waals surface area contributed by atoms with Crippen LogP contribution in [-0.4, -0.2) is 15.4 Å². The number of aromatic nitrogens is 1. The van der Waals surface area contributed by atoms with Gasteiger partial charge in [-0.05, 0) is 43.2 Å². The topological polar surface area (TPSA) is 77.5 Å². The molecule has 0 aliphatic carbocycles. The van der Waals surface area contributed by atoms with Gasteiger partial charge < -0.3 is 4.57 Å². The van der Waals surface area contributed by atoms with Crippen LogP contribution in [0.5, 0.6) is 0 Å². The minimum Gasteiger partial charge on any atom is -0.312 e. The van der Waals surface area contributed by atoms with Gasteiger partial charge in [0.2, 0.25) is 0 Å². The van der Waals surface area contributed by atoms with Crippen molar-refractivity contribution >= 4 is 33.1 Å². The second-order valence-electron chi connectivity index (χ2n) is 5.91. The highest BCUT2D eigenvalue weighted by atomic mass is 32.1. The van der Waals surface area contributed by atoms with Gasteiger partial charge in [0, 0.05) is 24.2 Å². The average Bonchev–Trinajstić information content (AvgIpc) is 2.94. The van der Waals surface area contributed by atoms with Gasteiger partial charge in [-0.2, -0.15) is 4.99 Å². The maximum atomic E-state index is 12.6. The van der Waals surface area contributed by atoms with E-state index in [4.69, 9.17) is 0 Å². The minimum absolute atomic E-state index is 0.000137. The molecule has 3 rings (SSSR count). The normalized spacial score (nSPS) is 11.7. The number of amides is 1. The van der Waals surface area contributed by atoms with Gasteiger partial charge in [0.05, 0.1) is 15.1 Å². The molecule has 3 aromatic rings. The molecule has 6 nitrogen and oxygen atoms in total. The summed E-state index contributed by atoms with van der Waals surface area (Å²) in [4.78, 5) is 27.9. The number of allylic oxidation sites excluding steroid dienone is 1. The molecule has 0 saturated carbocycles. The summed E-state index contributed by atoms with van der Waals surface area (Å²) in [6, 6.07) is 10.1. The zero-order chi connectivity index (χ0) is 18.8. The molecular weight excluding hydrogens is 350 g/mol. The van der Waals surface area contributed by atoms with E-state index in [1.165, 1.54) is 23.5 Å². The monoisotopic (exact) mass is 367 g/mol. The van der Waals surface area contributed by atoms with Crippen LogP contribution in [0.25, 0.3) is 10.2 Å². The quantitative estimate of drug-likeness (QED) is 0.395. The number of aryl methyl sites for hydroxylation is 2. The molecule has 1 heterocycles. The fourth-order valence-electron chi connectivity index (χ4n) is 2.59. The Bertz CT molecular complexity index is 1110. The number of nitrogens with zero attached hydrogens (tertiary/aromatic N) is 3. The zero-order valence-corrected chi connectivity index (χ0v) is 15.2. The number of fused-ring (bicyclic) bond motifs is 1. The standard InChI is InChI=1S/C19H17N3O3S/c1-4-9-21-16-11-15(22(24)25)7-8-17(16)26-19(21)20-18(23)14-6-5-12(2)13(3)10-14/h4-8,10-11H,1,9H2,2-3H3. The lowest BCUT2D eigenvalue weighted by Gasteiger charge is -2.02. The van der Waals surface area contributed by atoms with Gasteiger partial charge in [0.1, 0.15) is 0 Å². The van der Waals surface area contributed by atoms with Crippen molar-refractivity contribution in [3.8, 4) is 0 Å². The van der Waals surface area contributed by atoms with Crippen LogP contribution in [0.4, 0.5) is 5.69 Å². The van der Waals surface area contributed by atoms with Crippen LogP contribution in [0.1, 0.15) is 21.5 Å². The highest BCUT2D eigenvalue weighted by Crippen LogP contribution is 2.23. The highest BCUT2D eigenvalue weighted by Gasteiger charge is 2.13. The van der Waals surface area contributed by atoms with E-state index in [0.717, 1.165) is 15.8 Å². The van der Waals surface area contributed by atoms with Gasteiger partial charge in [0.25, 0.3) is 11.6 Å². The number of nitro benzene ring substituents is 1. The van der Waals surface area contributed by atoms with Crippen LogP contribution in [-0.2, 0) is 6.54 Å². The fraction of sp³-hybridized carbons (Fsp3) is 0.158. The number of hydrogen-bond acceptors (Lipinski definition) is 4. The molecule has 0 fully saturated rings. The number of hydrogen-bond donors (Lipinski definition) is 0. The lowest BCUT2D eigenvalue weighted by Crippen LogP contribution is -2.16. The molecule has 0 unspecified atom stereocenters. The van der Waals surface area contributed by atoms with Crippen molar-refractivity contribution in [2.45, 2.75) is 20.4 Å². The van der Waals surface area contributed by atoms with Gasteiger partial charge in [0.15, 0.2) is 4.80 Å². The first-order valence-electron chi connectivity index (χ1n) is 7.95. The second kappa shape index (κ2) is 7.05. The lowest BCUT2D eigenvalue weighted by atomic mass is 10.1. The molecule has 1 aromatic heterocycles. The van der Waals surface area contributed by atoms with Crippen molar-refractivity contribution in [1.82, 2.24) is 4.57 Å². The first-order valence-corrected chi connectivity index (χ1v) is 8.77. The molecular formula is C19H17N3O3S. The number of nitro groups is 1. The molecule has 0 aliphatic heterocycles. The predicted octanol–water partition coefficient (Wildman–Crippen LogP) is 4.15. The number of carbonyl (C=O) groups excluding carboxylic acids is 1. The molecule has 0 N–H and O–H groups in total. The van der Waals surface area contributed by atoms with E-state index in [-0.39, 0.29) is 11.6 Å². The summed E-state index contributed by atoms with van der Waals surface area (Å²) < 4.78 is 2.59. The summed E-state index contributed by atoms with van der Waals surface area (Å²) in [7, 11) is 0. The number of carbonyl (C=O) groups is 1. The Morgan fingerprint density at radius 1 is 1.27 bits per heavy atom. The van der Waals surface area contributed by atoms with Crippen molar-refractivity contribution in [3.05, 3.63) is 80.7 Å². The molecule has 0 spiro atoms. The van der Waals surface area contributed by atoms with Crippen molar-refractivity contribution < 1.29 is 9.72 Å². The van der Waals surface area contributed by atoms with E-state index in [2.05, 4.69) is 11.6 Å². The Morgan fingerprint density at radius 3 is 2.69 bits per heavy atom. The van der Waals surface area contributed by atoms with Crippen molar-refractivity contribution in [2.24, 2.45) is 4.99 Å². The second-order valence-corrected chi connectivity index (χ2v) is 6.92. The van der Waals surface area contributed by atoms with Gasteiger partial charge in [-0.15, -0.1) is 6.58 Å². The lowest BCUT2D eigenvalue weighted by molar-refractivity contribution is -0.384. The zero-order valence-electron chi connectivity index (χ0n) is 14.4. The predicted molar refractivity (Wildman–Crippen MR) is 102 cm³/mol. The van der Waals surface area contributed by atoms with Crippen LogP contribution in [0.3, 0.4) is 0 Å². The summed E-state index contributed by atoms with van der Waals surface area (Å²) in [6.45, 7) is 8.06. The number of rotatable bonds is 4. The molecule has 0 radical (unpaired) electrons. The maximum absolute atomic E-state index is 12.6. The van der Waals surface area contributed by atoms with Gasteiger partial charge in [-0.25, -0.2) is 0 Å². The first-order chi connectivity index (χ1) is 12.4. The Labute approximate surface area is 153 Å². The summed E-state index contributed by atoms with van der Waals surface area (Å²) in [5.74, 6) is -0.341. The first kappa shape index (κ1) is 17.8. The van der Waals surface area contributed by atoms with Gasteiger partial charge >= 0.3 is 0 Å². The van der Waals surface area contributed by atoms with Gasteiger partial charge in [-0.1, -0.05) is 23.5 Å². The number of benzene rings is 2. The summed E-state index contributed by atoms with van der Waals surface area (Å²) in [5, 5.41) is 11.0. The Morgan fingerprint density at radius 2 is 2.04 bits per heavy atom. The van der Waals surface area contributed by atoms with E-state index in [1.54, 1.807) is 22.8 Å². The van der Waals surface area contributed by atoms with E-state index >= 15 is 0 Å². The third-order valence-electron chi connectivity index (χ3n) is 4.14. The van der Waals surface area contributed by atoms with E-state index in [0.29, 0.717) is 22.4 Å². The summed E-state index contributed by atoms with van der Waals surface area (Å²) in [5.41, 5.74) is 3.31. The summed E-state index contributed by atoms with van der Waals surface area (Å²) >= 11 is 1.32. The molecule has 7 heteroatoms. The minimum atomic E-state index is -0.438. The average molecular weight is 367 g/mol. The van der Waals surface area contributed by atoms with Crippen LogP contribution in [0, 0.1) is 24.0 Å². The van der Waals surface area contributed by atoms with E-state index in [9.17, 15) is 14.9 Å². The van der Waals surface area contributed by atoms with Crippen LogP contribution in [0.2, 0.25) is 0 Å². The SMILES string of the molecule is C=CCn1c(=NC(=O)c2ccc(C)c(C)c2)sc2ccc([N+](=O)[O-])cc21. The molecule has 0 saturated heterocycles. The molecule has 0 aliphatic rings. The smallest absolute Gasteiger partial charge is 0.279 e. The van der Waals surface area contributed by atoms with Crippen molar-refractivity contribution in [2.75, 3.05) is 0 Å². The van der Waals surface area contributed by atoms with Crippen molar-refractivity contribution in [3.63, 3.8) is 0 Å². The largest absolute Gasteiger partial charge is 0.312 e. The van der Waals surface area contributed by atoms with Crippen LogP contribution >= 0.6 is 11.3 Å². The molecule has 132 valence electrons. The Balaban J connectivity index is 2.16. The highest BCUT2D eigenvalue weighted by molar-refractivity contribution is 7.16. The Kier molecular flexibility index (Phi) is 4.81. The summed E-state index contributed by atoms with van der Waals surface area (Å²) in [6.07, 6.45) is 1.67. The third kappa shape index (κ3) is 3.34. The molecule has 0 bridgehead atoms. The van der Waals surface area contributed by atoms with Crippen molar-refractivity contribution in [1.29, 1.82) is 0 Å². The van der Waals surface area contributed by atoms with Gasteiger partial charge in [-0.3, -0.25) is 14.9 Å².